The van der Waals surface area contributed by atoms with E-state index in [4.69, 9.17) is 11.3 Å². The standard InChI is InChI=1S/C27H32N6O2/c1-7-35-26-14-24(30-15-25(26)28-4)18(2)33-10-8-22-21(17-31(5)6)12-20(13-23(22)27(33)34)16-32-11-9-29-19(32)3/h9,11-15,18H,7-8,10,16-17H2,1-3,5-6H3/t18-/m0/s1. The Morgan fingerprint density at radius 2 is 2.06 bits per heavy atom. The van der Waals surface area contributed by atoms with Crippen LogP contribution in [-0.2, 0) is 19.5 Å². The maximum atomic E-state index is 13.8. The zero-order valence-electron chi connectivity index (χ0n) is 21.1. The Morgan fingerprint density at radius 3 is 2.71 bits per heavy atom. The number of rotatable bonds is 8. The van der Waals surface area contributed by atoms with Crippen LogP contribution in [0.1, 0.15) is 58.5 Å². The van der Waals surface area contributed by atoms with Crippen LogP contribution in [0.3, 0.4) is 0 Å². The quantitative estimate of drug-likeness (QED) is 0.455. The number of carbonyl (C=O) groups is 1. The van der Waals surface area contributed by atoms with E-state index in [1.807, 2.05) is 52.0 Å². The third-order valence-corrected chi connectivity index (χ3v) is 6.44. The molecule has 0 bridgehead atoms. The zero-order chi connectivity index (χ0) is 25.1. The first-order valence-electron chi connectivity index (χ1n) is 11.9. The van der Waals surface area contributed by atoms with Gasteiger partial charge in [-0.2, -0.15) is 0 Å². The molecule has 4 rings (SSSR count). The first kappa shape index (κ1) is 24.4. The fourth-order valence-corrected chi connectivity index (χ4v) is 4.67. The molecule has 35 heavy (non-hydrogen) atoms. The number of hydrogen-bond donors (Lipinski definition) is 0. The van der Waals surface area contributed by atoms with Crippen molar-refractivity contribution in [2.45, 2.75) is 46.3 Å². The van der Waals surface area contributed by atoms with Crippen molar-refractivity contribution >= 4 is 11.6 Å². The third kappa shape index (κ3) is 5.05. The van der Waals surface area contributed by atoms with Crippen molar-refractivity contribution in [2.24, 2.45) is 0 Å². The molecule has 1 aliphatic heterocycles. The van der Waals surface area contributed by atoms with Crippen LogP contribution < -0.4 is 4.74 Å². The lowest BCUT2D eigenvalue weighted by Gasteiger charge is -2.35. The summed E-state index contributed by atoms with van der Waals surface area (Å²) in [6.45, 7) is 15.7. The van der Waals surface area contributed by atoms with Gasteiger partial charge in [-0.3, -0.25) is 9.78 Å². The number of aromatic nitrogens is 3. The molecule has 1 atom stereocenters. The number of nitrogens with zero attached hydrogens (tertiary/aromatic N) is 6. The molecule has 1 aromatic carbocycles. The molecule has 0 radical (unpaired) electrons. The van der Waals surface area contributed by atoms with Crippen molar-refractivity contribution in [3.05, 3.63) is 82.0 Å². The first-order valence-corrected chi connectivity index (χ1v) is 11.9. The van der Waals surface area contributed by atoms with Crippen molar-refractivity contribution in [3.63, 3.8) is 0 Å². The minimum Gasteiger partial charge on any atom is -0.505 e. The summed E-state index contributed by atoms with van der Waals surface area (Å²) in [5.74, 6) is 1.46. The van der Waals surface area contributed by atoms with E-state index in [-0.39, 0.29) is 11.9 Å². The third-order valence-electron chi connectivity index (χ3n) is 6.44. The number of benzene rings is 1. The van der Waals surface area contributed by atoms with Gasteiger partial charge in [-0.1, -0.05) is 6.07 Å². The van der Waals surface area contributed by atoms with Gasteiger partial charge in [-0.25, -0.2) is 9.83 Å². The maximum absolute atomic E-state index is 13.8. The van der Waals surface area contributed by atoms with E-state index in [0.29, 0.717) is 31.1 Å². The van der Waals surface area contributed by atoms with E-state index in [1.54, 1.807) is 12.3 Å². The van der Waals surface area contributed by atoms with Crippen LogP contribution in [0.2, 0.25) is 0 Å². The highest BCUT2D eigenvalue weighted by atomic mass is 16.5. The Morgan fingerprint density at radius 1 is 1.26 bits per heavy atom. The largest absolute Gasteiger partial charge is 0.505 e. The molecule has 0 fully saturated rings. The van der Waals surface area contributed by atoms with E-state index in [2.05, 4.69) is 30.3 Å². The second-order valence-corrected chi connectivity index (χ2v) is 9.17. The highest BCUT2D eigenvalue weighted by Crippen LogP contribution is 2.34. The topological polar surface area (TPSA) is 67.9 Å². The first-order chi connectivity index (χ1) is 16.8. The highest BCUT2D eigenvalue weighted by molar-refractivity contribution is 5.97. The van der Waals surface area contributed by atoms with Gasteiger partial charge in [-0.05, 0) is 70.1 Å². The van der Waals surface area contributed by atoms with Gasteiger partial charge >= 0.3 is 0 Å². The Balaban J connectivity index is 1.69. The van der Waals surface area contributed by atoms with Crippen molar-refractivity contribution in [1.82, 2.24) is 24.3 Å². The Kier molecular flexibility index (Phi) is 7.17. The molecular weight excluding hydrogens is 440 g/mol. The second-order valence-electron chi connectivity index (χ2n) is 9.17. The van der Waals surface area contributed by atoms with E-state index in [0.717, 1.165) is 41.2 Å². The molecule has 3 aromatic rings. The number of fused-ring (bicyclic) bond motifs is 1. The number of carbonyl (C=O) groups excluding carboxylic acids is 1. The average Bonchev–Trinajstić information content (AvgIpc) is 3.23. The summed E-state index contributed by atoms with van der Waals surface area (Å²) >= 11 is 0. The molecule has 1 amide bonds. The number of aryl methyl sites for hydroxylation is 1. The van der Waals surface area contributed by atoms with Crippen molar-refractivity contribution < 1.29 is 9.53 Å². The predicted molar refractivity (Wildman–Crippen MR) is 135 cm³/mol. The molecule has 0 spiro atoms. The van der Waals surface area contributed by atoms with Crippen molar-refractivity contribution in [3.8, 4) is 5.75 Å². The van der Waals surface area contributed by atoms with Gasteiger partial charge in [0.25, 0.3) is 5.91 Å². The number of imidazole rings is 1. The van der Waals surface area contributed by atoms with Crippen LogP contribution in [0.5, 0.6) is 5.75 Å². The Hall–Kier alpha value is -3.70. The van der Waals surface area contributed by atoms with Gasteiger partial charge in [0, 0.05) is 43.8 Å². The van der Waals surface area contributed by atoms with E-state index in [9.17, 15) is 4.79 Å². The molecular formula is C27H32N6O2. The van der Waals surface area contributed by atoms with Crippen molar-refractivity contribution in [2.75, 3.05) is 27.2 Å². The average molecular weight is 473 g/mol. The lowest BCUT2D eigenvalue weighted by atomic mass is 9.90. The molecule has 182 valence electrons. The summed E-state index contributed by atoms with van der Waals surface area (Å²) in [5.41, 5.74) is 5.27. The lowest BCUT2D eigenvalue weighted by Crippen LogP contribution is -2.40. The summed E-state index contributed by atoms with van der Waals surface area (Å²) < 4.78 is 7.74. The number of amides is 1. The Labute approximate surface area is 207 Å². The smallest absolute Gasteiger partial charge is 0.254 e. The summed E-state index contributed by atoms with van der Waals surface area (Å²) in [7, 11) is 4.10. The van der Waals surface area contributed by atoms with E-state index < -0.39 is 0 Å². The molecule has 0 saturated carbocycles. The van der Waals surface area contributed by atoms with Crippen LogP contribution in [0.15, 0.2) is 36.8 Å². The molecule has 0 N–H and O–H groups in total. The van der Waals surface area contributed by atoms with Gasteiger partial charge in [0.2, 0.25) is 5.69 Å². The van der Waals surface area contributed by atoms with Gasteiger partial charge < -0.3 is 19.1 Å². The van der Waals surface area contributed by atoms with Crippen LogP contribution in [0.4, 0.5) is 5.69 Å². The van der Waals surface area contributed by atoms with Crippen LogP contribution in [0, 0.1) is 13.5 Å². The Bertz CT molecular complexity index is 1270. The molecule has 3 heterocycles. The number of hydrogen-bond acceptors (Lipinski definition) is 5. The summed E-state index contributed by atoms with van der Waals surface area (Å²) in [5, 5.41) is 0. The van der Waals surface area contributed by atoms with Gasteiger partial charge in [0.1, 0.15) is 11.6 Å². The monoisotopic (exact) mass is 472 g/mol. The van der Waals surface area contributed by atoms with Gasteiger partial charge in [-0.15, -0.1) is 0 Å². The summed E-state index contributed by atoms with van der Waals surface area (Å²) in [4.78, 5) is 30.1. The van der Waals surface area contributed by atoms with Gasteiger partial charge in [0.05, 0.1) is 24.9 Å². The van der Waals surface area contributed by atoms with Crippen LogP contribution in [-0.4, -0.2) is 57.5 Å². The zero-order valence-corrected chi connectivity index (χ0v) is 21.1. The molecule has 8 nitrogen and oxygen atoms in total. The summed E-state index contributed by atoms with van der Waals surface area (Å²) in [6, 6.07) is 5.81. The van der Waals surface area contributed by atoms with E-state index >= 15 is 0 Å². The van der Waals surface area contributed by atoms with Crippen LogP contribution >= 0.6 is 0 Å². The van der Waals surface area contributed by atoms with Gasteiger partial charge in [0.15, 0.2) is 0 Å². The normalized spacial score (nSPS) is 14.1. The molecule has 0 saturated heterocycles. The minimum absolute atomic E-state index is 0.0111. The highest BCUT2D eigenvalue weighted by Gasteiger charge is 2.31. The second kappa shape index (κ2) is 10.3. The number of pyridine rings is 1. The SMILES string of the molecule is [C-]#[N+]c1cnc([C@H](C)N2CCc3c(CN(C)C)cc(Cn4ccnc4C)cc3C2=O)cc1OCC. The fourth-order valence-electron chi connectivity index (χ4n) is 4.67. The summed E-state index contributed by atoms with van der Waals surface area (Å²) in [6.07, 6.45) is 6.08. The molecule has 8 heteroatoms. The van der Waals surface area contributed by atoms with E-state index in [1.165, 1.54) is 11.8 Å². The lowest BCUT2D eigenvalue weighted by molar-refractivity contribution is 0.0668. The van der Waals surface area contributed by atoms with Crippen molar-refractivity contribution in [1.29, 1.82) is 0 Å². The van der Waals surface area contributed by atoms with Crippen LogP contribution in [0.25, 0.3) is 4.85 Å². The fraction of sp³-hybridized carbons (Fsp3) is 0.407. The minimum atomic E-state index is -0.244. The maximum Gasteiger partial charge on any atom is 0.254 e. The molecule has 2 aromatic heterocycles. The molecule has 0 aliphatic carbocycles. The predicted octanol–water partition coefficient (Wildman–Crippen LogP) is 4.41. The molecule has 0 unspecified atom stereocenters. The number of ether oxygens (including phenoxy) is 1. The molecule has 1 aliphatic rings.